The fraction of sp³-hybridized carbons (Fsp3) is 0.211. The Morgan fingerprint density at radius 3 is 2.31 bits per heavy atom. The van der Waals surface area contributed by atoms with Gasteiger partial charge in [-0.2, -0.15) is 0 Å². The van der Waals surface area contributed by atoms with Crippen LogP contribution in [0.25, 0.3) is 12.2 Å². The summed E-state index contributed by atoms with van der Waals surface area (Å²) in [4.78, 5) is 37.3. The topological polar surface area (TPSA) is 94.4 Å². The third-order valence-electron chi connectivity index (χ3n) is 3.85. The Labute approximate surface area is 154 Å². The summed E-state index contributed by atoms with van der Waals surface area (Å²) in [5.41, 5.74) is 1.25. The highest BCUT2D eigenvalue weighted by molar-refractivity contribution is 6.30. The Morgan fingerprint density at radius 1 is 1.04 bits per heavy atom. The number of imidazole rings is 1. The van der Waals surface area contributed by atoms with Gasteiger partial charge in [-0.15, -0.1) is 0 Å². The van der Waals surface area contributed by atoms with E-state index in [9.17, 15) is 9.59 Å². The van der Waals surface area contributed by atoms with Gasteiger partial charge in [0.2, 0.25) is 0 Å². The third-order valence-corrected chi connectivity index (χ3v) is 4.08. The van der Waals surface area contributed by atoms with Gasteiger partial charge in [-0.25, -0.2) is 4.98 Å². The van der Waals surface area contributed by atoms with Gasteiger partial charge >= 0.3 is 0 Å². The van der Waals surface area contributed by atoms with E-state index in [1.54, 1.807) is 42.7 Å². The van der Waals surface area contributed by atoms with Gasteiger partial charge in [0.1, 0.15) is 10.7 Å². The van der Waals surface area contributed by atoms with E-state index in [0.29, 0.717) is 10.7 Å². The number of aromatic nitrogens is 4. The summed E-state index contributed by atoms with van der Waals surface area (Å²) in [6, 6.07) is 7.01. The van der Waals surface area contributed by atoms with Gasteiger partial charge in [-0.05, 0) is 29.8 Å². The minimum Gasteiger partial charge on any atom is -0.348 e. The van der Waals surface area contributed by atoms with E-state index in [2.05, 4.69) is 19.9 Å². The standard InChI is InChI=1S/C19H19ClN4O2/c1-19(2,3)16-13(21-10-22-16)9-15-18(26)23-14(17(25)24-15)8-11-5-4-6-12(20)7-11/h4-10H,1-3H3,(H,21,22)(H,23,26)(H,24,25)/b14-8-,15-9-. The Hall–Kier alpha value is -2.86. The second-order valence-corrected chi connectivity index (χ2v) is 7.43. The zero-order chi connectivity index (χ0) is 18.9. The van der Waals surface area contributed by atoms with E-state index in [4.69, 9.17) is 11.6 Å². The monoisotopic (exact) mass is 370 g/mol. The number of hydrogen-bond acceptors (Lipinski definition) is 3. The van der Waals surface area contributed by atoms with Crippen molar-refractivity contribution >= 4 is 23.8 Å². The molecule has 3 aromatic rings. The van der Waals surface area contributed by atoms with Crippen LogP contribution in [-0.4, -0.2) is 19.9 Å². The Morgan fingerprint density at radius 2 is 1.69 bits per heavy atom. The summed E-state index contributed by atoms with van der Waals surface area (Å²) in [6.07, 6.45) is 4.71. The third kappa shape index (κ3) is 3.86. The van der Waals surface area contributed by atoms with Crippen molar-refractivity contribution in [3.8, 4) is 0 Å². The Kier molecular flexibility index (Phi) is 4.70. The van der Waals surface area contributed by atoms with Crippen LogP contribution >= 0.6 is 11.6 Å². The number of benzene rings is 1. The highest BCUT2D eigenvalue weighted by atomic mass is 35.5. The SMILES string of the molecule is CC(C)(C)c1[nH]cnc1/C=c1\[nH]c(=O)/c(=C/c2cccc(Cl)c2)[nH]c1=O. The number of halogens is 1. The van der Waals surface area contributed by atoms with Crippen molar-refractivity contribution in [2.75, 3.05) is 0 Å². The van der Waals surface area contributed by atoms with Gasteiger partial charge in [-0.1, -0.05) is 44.5 Å². The summed E-state index contributed by atoms with van der Waals surface area (Å²) in [6.45, 7) is 6.11. The van der Waals surface area contributed by atoms with Crippen molar-refractivity contribution in [2.24, 2.45) is 0 Å². The Bertz CT molecular complexity index is 1180. The van der Waals surface area contributed by atoms with Gasteiger partial charge < -0.3 is 15.0 Å². The molecule has 0 amide bonds. The molecule has 0 aliphatic rings. The van der Waals surface area contributed by atoms with Crippen LogP contribution < -0.4 is 21.8 Å². The van der Waals surface area contributed by atoms with E-state index in [1.807, 2.05) is 20.8 Å². The quantitative estimate of drug-likeness (QED) is 0.636. The molecule has 2 heterocycles. The molecule has 2 aromatic heterocycles. The fourth-order valence-electron chi connectivity index (χ4n) is 2.61. The van der Waals surface area contributed by atoms with Gasteiger partial charge in [0, 0.05) is 16.1 Å². The summed E-state index contributed by atoms with van der Waals surface area (Å²) >= 11 is 5.95. The lowest BCUT2D eigenvalue weighted by Crippen LogP contribution is -2.46. The summed E-state index contributed by atoms with van der Waals surface area (Å²) in [7, 11) is 0. The highest BCUT2D eigenvalue weighted by Crippen LogP contribution is 2.22. The molecule has 0 saturated carbocycles. The molecule has 0 unspecified atom stereocenters. The molecule has 3 rings (SSSR count). The van der Waals surface area contributed by atoms with Crippen LogP contribution in [0.5, 0.6) is 0 Å². The molecule has 0 aliphatic heterocycles. The first-order valence-electron chi connectivity index (χ1n) is 8.09. The first-order valence-corrected chi connectivity index (χ1v) is 8.47. The van der Waals surface area contributed by atoms with E-state index < -0.39 is 11.1 Å². The second kappa shape index (κ2) is 6.80. The number of nitrogens with zero attached hydrogens (tertiary/aromatic N) is 1. The van der Waals surface area contributed by atoms with Crippen LogP contribution in [0.15, 0.2) is 40.2 Å². The van der Waals surface area contributed by atoms with Crippen LogP contribution in [-0.2, 0) is 5.41 Å². The predicted octanol–water partition coefficient (Wildman–Crippen LogP) is 1.39. The molecule has 0 fully saturated rings. The van der Waals surface area contributed by atoms with E-state index in [1.165, 1.54) is 0 Å². The van der Waals surface area contributed by atoms with Crippen molar-refractivity contribution < 1.29 is 0 Å². The molecule has 7 heteroatoms. The largest absolute Gasteiger partial charge is 0.348 e. The molecular formula is C19H19ClN4O2. The van der Waals surface area contributed by atoms with E-state index >= 15 is 0 Å². The summed E-state index contributed by atoms with van der Waals surface area (Å²) < 4.78 is 0. The molecule has 0 saturated heterocycles. The molecule has 1 aromatic carbocycles. The number of rotatable bonds is 2. The molecular weight excluding hydrogens is 352 g/mol. The van der Waals surface area contributed by atoms with Crippen LogP contribution in [0.2, 0.25) is 5.02 Å². The maximum atomic E-state index is 12.4. The normalized spacial score (nSPS) is 13.4. The molecule has 3 N–H and O–H groups in total. The lowest BCUT2D eigenvalue weighted by molar-refractivity contribution is 0.571. The minimum atomic E-state index is -0.402. The number of H-pyrrole nitrogens is 3. The zero-order valence-corrected chi connectivity index (χ0v) is 15.4. The van der Waals surface area contributed by atoms with Crippen LogP contribution in [0.1, 0.15) is 37.7 Å². The molecule has 26 heavy (non-hydrogen) atoms. The number of nitrogens with one attached hydrogen (secondary N) is 3. The molecule has 134 valence electrons. The van der Waals surface area contributed by atoms with Gasteiger partial charge in [0.15, 0.2) is 0 Å². The van der Waals surface area contributed by atoms with Crippen LogP contribution in [0.4, 0.5) is 0 Å². The lowest BCUT2D eigenvalue weighted by atomic mass is 9.90. The van der Waals surface area contributed by atoms with E-state index in [-0.39, 0.29) is 16.1 Å². The summed E-state index contributed by atoms with van der Waals surface area (Å²) in [5, 5.41) is 0.860. The lowest BCUT2D eigenvalue weighted by Gasteiger charge is -2.16. The van der Waals surface area contributed by atoms with Gasteiger partial charge in [0.05, 0.1) is 12.0 Å². The molecule has 0 bridgehead atoms. The van der Waals surface area contributed by atoms with Crippen molar-refractivity contribution in [3.05, 3.63) is 84.0 Å². The molecule has 0 atom stereocenters. The predicted molar refractivity (Wildman–Crippen MR) is 103 cm³/mol. The van der Waals surface area contributed by atoms with Gasteiger partial charge in [-0.3, -0.25) is 9.59 Å². The molecule has 0 radical (unpaired) electrons. The fourth-order valence-corrected chi connectivity index (χ4v) is 2.81. The molecule has 0 spiro atoms. The first kappa shape index (κ1) is 17.9. The highest BCUT2D eigenvalue weighted by Gasteiger charge is 2.19. The van der Waals surface area contributed by atoms with Crippen LogP contribution in [0, 0.1) is 0 Å². The Balaban J connectivity index is 2.14. The summed E-state index contributed by atoms with van der Waals surface area (Å²) in [5.74, 6) is 0. The van der Waals surface area contributed by atoms with E-state index in [0.717, 1.165) is 11.3 Å². The zero-order valence-electron chi connectivity index (χ0n) is 14.7. The van der Waals surface area contributed by atoms with Crippen molar-refractivity contribution in [1.29, 1.82) is 0 Å². The van der Waals surface area contributed by atoms with Crippen molar-refractivity contribution in [3.63, 3.8) is 0 Å². The van der Waals surface area contributed by atoms with Crippen molar-refractivity contribution in [2.45, 2.75) is 26.2 Å². The van der Waals surface area contributed by atoms with Gasteiger partial charge in [0.25, 0.3) is 11.1 Å². The first-order chi connectivity index (χ1) is 12.2. The molecule has 6 nitrogen and oxygen atoms in total. The smallest absolute Gasteiger partial charge is 0.272 e. The average molecular weight is 371 g/mol. The number of aromatic amines is 3. The second-order valence-electron chi connectivity index (χ2n) is 6.99. The maximum Gasteiger partial charge on any atom is 0.272 e. The minimum absolute atomic E-state index is 0.149. The average Bonchev–Trinajstić information content (AvgIpc) is 3.01. The maximum absolute atomic E-state index is 12.4. The number of hydrogen-bond donors (Lipinski definition) is 3. The van der Waals surface area contributed by atoms with Crippen molar-refractivity contribution in [1.82, 2.24) is 19.9 Å². The molecule has 0 aliphatic carbocycles. The van der Waals surface area contributed by atoms with Crippen LogP contribution in [0.3, 0.4) is 0 Å².